The molecule has 0 saturated carbocycles. The molecule has 0 aliphatic carbocycles. The average Bonchev–Trinajstić information content (AvgIpc) is 2.89. The van der Waals surface area contributed by atoms with Crippen LogP contribution in [0.4, 0.5) is 4.39 Å². The summed E-state index contributed by atoms with van der Waals surface area (Å²) in [7, 11) is 0. The monoisotopic (exact) mass is 269 g/mol. The van der Waals surface area contributed by atoms with Gasteiger partial charge >= 0.3 is 0 Å². The van der Waals surface area contributed by atoms with E-state index in [0.29, 0.717) is 5.89 Å². The van der Waals surface area contributed by atoms with Gasteiger partial charge in [-0.2, -0.15) is 0 Å². The largest absolute Gasteiger partial charge is 0.436 e. The van der Waals surface area contributed by atoms with Crippen LogP contribution in [0.2, 0.25) is 0 Å². The summed E-state index contributed by atoms with van der Waals surface area (Å²) >= 11 is 0. The van der Waals surface area contributed by atoms with Gasteiger partial charge in [-0.25, -0.2) is 9.37 Å². The van der Waals surface area contributed by atoms with Crippen molar-refractivity contribution in [1.29, 1.82) is 0 Å². The maximum Gasteiger partial charge on any atom is 0.227 e. The first kappa shape index (κ1) is 12.9. The second-order valence-corrected chi connectivity index (χ2v) is 4.93. The van der Waals surface area contributed by atoms with Crippen LogP contribution >= 0.6 is 0 Å². The van der Waals surface area contributed by atoms with Gasteiger partial charge < -0.3 is 4.42 Å². The number of halogens is 1. The summed E-state index contributed by atoms with van der Waals surface area (Å²) in [6.07, 6.45) is 3.41. The van der Waals surface area contributed by atoms with E-state index in [4.69, 9.17) is 4.42 Å². The molecule has 0 bridgehead atoms. The van der Waals surface area contributed by atoms with Crippen LogP contribution in [0.25, 0.3) is 22.6 Å². The summed E-state index contributed by atoms with van der Waals surface area (Å²) < 4.78 is 18.6. The number of aryl methyl sites for hydroxylation is 1. The molecular weight excluding hydrogens is 253 g/mol. The Morgan fingerprint density at radius 2 is 1.90 bits per heavy atom. The van der Waals surface area contributed by atoms with Gasteiger partial charge in [0.05, 0.1) is 0 Å². The molecule has 0 saturated heterocycles. The minimum Gasteiger partial charge on any atom is -0.436 e. The van der Waals surface area contributed by atoms with E-state index < -0.39 is 0 Å². The summed E-state index contributed by atoms with van der Waals surface area (Å²) in [5.74, 6) is 0.277. The predicted octanol–water partition coefficient (Wildman–Crippen LogP) is 4.98. The fourth-order valence-corrected chi connectivity index (χ4v) is 2.23. The van der Waals surface area contributed by atoms with E-state index in [2.05, 4.69) is 24.0 Å². The smallest absolute Gasteiger partial charge is 0.227 e. The van der Waals surface area contributed by atoms with Crippen LogP contribution < -0.4 is 0 Å². The maximum absolute atomic E-state index is 12.9. The molecule has 1 heterocycles. The average molecular weight is 269 g/mol. The molecule has 0 unspecified atom stereocenters. The summed E-state index contributed by atoms with van der Waals surface area (Å²) in [6.45, 7) is 2.18. The van der Waals surface area contributed by atoms with Crippen LogP contribution in [0.1, 0.15) is 25.3 Å². The van der Waals surface area contributed by atoms with Crippen molar-refractivity contribution in [1.82, 2.24) is 4.98 Å². The van der Waals surface area contributed by atoms with E-state index in [1.54, 1.807) is 12.1 Å². The molecule has 0 spiro atoms. The molecular formula is C17H16FNO. The number of unbranched alkanes of at least 4 members (excludes halogenated alkanes) is 1. The van der Waals surface area contributed by atoms with Gasteiger partial charge in [0.2, 0.25) is 5.89 Å². The molecule has 3 aromatic rings. The minimum absolute atomic E-state index is 0.258. The van der Waals surface area contributed by atoms with Crippen LogP contribution in [0.15, 0.2) is 46.9 Å². The van der Waals surface area contributed by atoms with Gasteiger partial charge in [0.1, 0.15) is 11.3 Å². The molecule has 0 amide bonds. The quantitative estimate of drug-likeness (QED) is 0.667. The summed E-state index contributed by atoms with van der Waals surface area (Å²) in [4.78, 5) is 4.49. The van der Waals surface area contributed by atoms with Gasteiger partial charge in [0.25, 0.3) is 0 Å². The normalized spacial score (nSPS) is 11.1. The number of rotatable bonds is 4. The van der Waals surface area contributed by atoms with Gasteiger partial charge in [-0.3, -0.25) is 0 Å². The molecule has 3 heteroatoms. The Morgan fingerprint density at radius 3 is 2.65 bits per heavy atom. The molecule has 102 valence electrons. The highest BCUT2D eigenvalue weighted by Gasteiger charge is 2.08. The fraction of sp³-hybridized carbons (Fsp3) is 0.235. The van der Waals surface area contributed by atoms with Gasteiger partial charge in [0, 0.05) is 5.56 Å². The highest BCUT2D eigenvalue weighted by Crippen LogP contribution is 2.25. The zero-order valence-electron chi connectivity index (χ0n) is 11.4. The second-order valence-electron chi connectivity index (χ2n) is 4.93. The van der Waals surface area contributed by atoms with Gasteiger partial charge in [-0.05, 0) is 54.8 Å². The second kappa shape index (κ2) is 5.45. The SMILES string of the molecule is CCCCc1ccc2oc(-c3ccc(F)cc3)nc2c1. The van der Waals surface area contributed by atoms with Crippen molar-refractivity contribution >= 4 is 11.1 Å². The molecule has 1 aromatic heterocycles. The Labute approximate surface area is 117 Å². The molecule has 0 radical (unpaired) electrons. The molecule has 2 nitrogen and oxygen atoms in total. The number of fused-ring (bicyclic) bond motifs is 1. The number of benzene rings is 2. The molecule has 0 N–H and O–H groups in total. The third-order valence-corrected chi connectivity index (χ3v) is 3.36. The van der Waals surface area contributed by atoms with Crippen molar-refractivity contribution in [3.05, 3.63) is 53.8 Å². The van der Waals surface area contributed by atoms with Gasteiger partial charge in [-0.15, -0.1) is 0 Å². The van der Waals surface area contributed by atoms with E-state index in [9.17, 15) is 4.39 Å². The number of aromatic nitrogens is 1. The Kier molecular flexibility index (Phi) is 3.50. The standard InChI is InChI=1S/C17H16FNO/c1-2-3-4-12-5-10-16-15(11-12)19-17(20-16)13-6-8-14(18)9-7-13/h5-11H,2-4H2,1H3. The number of nitrogens with zero attached hydrogens (tertiary/aromatic N) is 1. The van der Waals surface area contributed by atoms with Crippen LogP contribution in [0.5, 0.6) is 0 Å². The highest BCUT2D eigenvalue weighted by atomic mass is 19.1. The van der Waals surface area contributed by atoms with Crippen molar-refractivity contribution in [2.75, 3.05) is 0 Å². The van der Waals surface area contributed by atoms with Crippen molar-refractivity contribution in [2.45, 2.75) is 26.2 Å². The topological polar surface area (TPSA) is 26.0 Å². The third-order valence-electron chi connectivity index (χ3n) is 3.36. The predicted molar refractivity (Wildman–Crippen MR) is 78.0 cm³/mol. The number of oxazole rings is 1. The Morgan fingerprint density at radius 1 is 1.10 bits per heavy atom. The number of hydrogen-bond donors (Lipinski definition) is 0. The van der Waals surface area contributed by atoms with Gasteiger partial charge in [0.15, 0.2) is 5.58 Å². The first-order valence-electron chi connectivity index (χ1n) is 6.91. The lowest BCUT2D eigenvalue weighted by Gasteiger charge is -1.97. The first-order chi connectivity index (χ1) is 9.76. The van der Waals surface area contributed by atoms with Crippen molar-refractivity contribution in [3.8, 4) is 11.5 Å². The maximum atomic E-state index is 12.9. The first-order valence-corrected chi connectivity index (χ1v) is 6.91. The van der Waals surface area contributed by atoms with Crippen LogP contribution in [0, 0.1) is 5.82 Å². The lowest BCUT2D eigenvalue weighted by molar-refractivity contribution is 0.616. The van der Waals surface area contributed by atoms with E-state index in [1.165, 1.54) is 30.5 Å². The van der Waals surface area contributed by atoms with Gasteiger partial charge in [-0.1, -0.05) is 19.4 Å². The molecule has 2 aromatic carbocycles. The molecule has 0 aliphatic heterocycles. The molecule has 20 heavy (non-hydrogen) atoms. The Balaban J connectivity index is 1.95. The lowest BCUT2D eigenvalue weighted by atomic mass is 10.1. The van der Waals surface area contributed by atoms with Crippen LogP contribution in [0.3, 0.4) is 0 Å². The summed E-state index contributed by atoms with van der Waals surface area (Å²) in [5, 5.41) is 0. The van der Waals surface area contributed by atoms with Crippen molar-refractivity contribution in [2.24, 2.45) is 0 Å². The van der Waals surface area contributed by atoms with Crippen LogP contribution in [-0.2, 0) is 6.42 Å². The Hall–Kier alpha value is -2.16. The van der Waals surface area contributed by atoms with Crippen LogP contribution in [-0.4, -0.2) is 4.98 Å². The minimum atomic E-state index is -0.258. The third kappa shape index (κ3) is 2.57. The lowest BCUT2D eigenvalue weighted by Crippen LogP contribution is -1.83. The zero-order chi connectivity index (χ0) is 13.9. The van der Waals surface area contributed by atoms with Crippen molar-refractivity contribution < 1.29 is 8.81 Å². The van der Waals surface area contributed by atoms with E-state index in [-0.39, 0.29) is 5.82 Å². The summed E-state index contributed by atoms with van der Waals surface area (Å²) in [6, 6.07) is 12.3. The zero-order valence-corrected chi connectivity index (χ0v) is 11.4. The number of hydrogen-bond acceptors (Lipinski definition) is 2. The van der Waals surface area contributed by atoms with E-state index >= 15 is 0 Å². The molecule has 3 rings (SSSR count). The van der Waals surface area contributed by atoms with E-state index in [0.717, 1.165) is 23.1 Å². The van der Waals surface area contributed by atoms with E-state index in [1.807, 2.05) is 6.07 Å². The van der Waals surface area contributed by atoms with Crippen molar-refractivity contribution in [3.63, 3.8) is 0 Å². The molecule has 0 atom stereocenters. The highest BCUT2D eigenvalue weighted by molar-refractivity contribution is 5.76. The fourth-order valence-electron chi connectivity index (χ4n) is 2.23. The summed E-state index contributed by atoms with van der Waals surface area (Å²) in [5.41, 5.74) is 3.69. The Bertz CT molecular complexity index is 715. The molecule has 0 aliphatic rings. The molecule has 0 fully saturated rings.